The summed E-state index contributed by atoms with van der Waals surface area (Å²) in [6, 6.07) is 10.2. The predicted octanol–water partition coefficient (Wildman–Crippen LogP) is 2.81. The number of aromatic amines is 1. The van der Waals surface area contributed by atoms with E-state index in [9.17, 15) is 4.39 Å². The minimum Gasteiger partial charge on any atom is -0.367 e. The maximum absolute atomic E-state index is 13.5. The lowest BCUT2D eigenvalue weighted by atomic mass is 9.94. The van der Waals surface area contributed by atoms with E-state index in [0.717, 1.165) is 5.56 Å². The van der Waals surface area contributed by atoms with Crippen molar-refractivity contribution < 1.29 is 4.39 Å². The van der Waals surface area contributed by atoms with Gasteiger partial charge in [0.25, 0.3) is 0 Å². The van der Waals surface area contributed by atoms with Gasteiger partial charge >= 0.3 is 0 Å². The van der Waals surface area contributed by atoms with Crippen molar-refractivity contribution in [2.75, 3.05) is 0 Å². The number of hydrogen-bond donors (Lipinski definition) is 1. The van der Waals surface area contributed by atoms with E-state index in [4.69, 9.17) is 5.26 Å². The molecule has 1 unspecified atom stereocenters. The summed E-state index contributed by atoms with van der Waals surface area (Å²) in [5, 5.41) is 9.05. The fourth-order valence-corrected chi connectivity index (χ4v) is 1.55. The second-order valence-electron chi connectivity index (χ2n) is 3.23. The van der Waals surface area contributed by atoms with Crippen LogP contribution in [0.15, 0.2) is 42.7 Å². The van der Waals surface area contributed by atoms with E-state index in [1.165, 1.54) is 6.07 Å². The Morgan fingerprint density at radius 3 is 2.67 bits per heavy atom. The second-order valence-corrected chi connectivity index (χ2v) is 3.23. The second kappa shape index (κ2) is 3.97. The molecule has 0 saturated heterocycles. The van der Waals surface area contributed by atoms with E-state index < -0.39 is 5.92 Å². The summed E-state index contributed by atoms with van der Waals surface area (Å²) in [6.07, 6.45) is 3.43. The van der Waals surface area contributed by atoms with Gasteiger partial charge in [-0.2, -0.15) is 5.26 Å². The Bertz CT molecular complexity index is 483. The summed E-state index contributed by atoms with van der Waals surface area (Å²) in [6.45, 7) is 0. The zero-order chi connectivity index (χ0) is 10.7. The third kappa shape index (κ3) is 1.75. The smallest absolute Gasteiger partial charge is 0.128 e. The number of hydrogen-bond acceptors (Lipinski definition) is 1. The van der Waals surface area contributed by atoms with Gasteiger partial charge in [0.2, 0.25) is 0 Å². The Hall–Kier alpha value is -2.08. The molecule has 0 fully saturated rings. The largest absolute Gasteiger partial charge is 0.367 e. The molecule has 1 aromatic heterocycles. The fraction of sp³-hybridized carbons (Fsp3) is 0.0833. The third-order valence-electron chi connectivity index (χ3n) is 2.30. The summed E-state index contributed by atoms with van der Waals surface area (Å²) in [4.78, 5) is 2.86. The molecule has 0 aliphatic carbocycles. The van der Waals surface area contributed by atoms with Crippen molar-refractivity contribution in [1.82, 2.24) is 4.98 Å². The van der Waals surface area contributed by atoms with Gasteiger partial charge in [-0.25, -0.2) is 4.39 Å². The molecule has 2 rings (SSSR count). The molecule has 0 saturated carbocycles. The number of rotatable bonds is 2. The van der Waals surface area contributed by atoms with Gasteiger partial charge in [-0.15, -0.1) is 0 Å². The lowest BCUT2D eigenvalue weighted by molar-refractivity contribution is 0.609. The van der Waals surface area contributed by atoms with E-state index in [0.29, 0.717) is 5.56 Å². The lowest BCUT2D eigenvalue weighted by Gasteiger charge is -2.07. The first-order chi connectivity index (χ1) is 7.33. The highest BCUT2D eigenvalue weighted by atomic mass is 19.1. The molecule has 0 bridgehead atoms. The molecule has 2 nitrogen and oxygen atoms in total. The Kier molecular flexibility index (Phi) is 2.51. The first kappa shape index (κ1) is 9.47. The van der Waals surface area contributed by atoms with Crippen molar-refractivity contribution in [3.8, 4) is 6.07 Å². The van der Waals surface area contributed by atoms with Crippen LogP contribution < -0.4 is 0 Å². The molecule has 1 N–H and O–H groups in total. The van der Waals surface area contributed by atoms with E-state index >= 15 is 0 Å². The summed E-state index contributed by atoms with van der Waals surface area (Å²) in [7, 11) is 0. The molecule has 15 heavy (non-hydrogen) atoms. The van der Waals surface area contributed by atoms with Gasteiger partial charge in [-0.05, 0) is 17.7 Å². The van der Waals surface area contributed by atoms with Gasteiger partial charge in [0.15, 0.2) is 0 Å². The zero-order valence-electron chi connectivity index (χ0n) is 7.94. The van der Waals surface area contributed by atoms with Crippen molar-refractivity contribution >= 4 is 0 Å². The van der Waals surface area contributed by atoms with Crippen molar-refractivity contribution in [2.45, 2.75) is 5.92 Å². The number of nitrogens with one attached hydrogen (secondary N) is 1. The molecular formula is C12H9FN2. The molecule has 0 aliphatic rings. The Morgan fingerprint density at radius 1 is 1.27 bits per heavy atom. The third-order valence-corrected chi connectivity index (χ3v) is 2.30. The highest BCUT2D eigenvalue weighted by Crippen LogP contribution is 2.25. The van der Waals surface area contributed by atoms with Crippen LogP contribution in [0.3, 0.4) is 0 Å². The SMILES string of the molecule is N#CC(c1cc[nH]c1)c1ccccc1F. The summed E-state index contributed by atoms with van der Waals surface area (Å²) in [5.74, 6) is -0.886. The van der Waals surface area contributed by atoms with Crippen LogP contribution in [0.5, 0.6) is 0 Å². The first-order valence-electron chi connectivity index (χ1n) is 4.59. The van der Waals surface area contributed by atoms with Gasteiger partial charge in [0.05, 0.1) is 6.07 Å². The van der Waals surface area contributed by atoms with Crippen LogP contribution in [-0.4, -0.2) is 4.98 Å². The van der Waals surface area contributed by atoms with Crippen molar-refractivity contribution in [3.05, 3.63) is 59.7 Å². The van der Waals surface area contributed by atoms with Crippen LogP contribution in [0.2, 0.25) is 0 Å². The molecule has 2 aromatic rings. The minimum absolute atomic E-state index is 0.342. The van der Waals surface area contributed by atoms with Crippen LogP contribution >= 0.6 is 0 Å². The molecule has 0 aliphatic heterocycles. The highest BCUT2D eigenvalue weighted by Gasteiger charge is 2.16. The molecule has 0 radical (unpaired) electrons. The molecule has 0 amide bonds. The standard InChI is InChI=1S/C12H9FN2/c13-12-4-2-1-3-10(12)11(7-14)9-5-6-15-8-9/h1-6,8,11,15H. The van der Waals surface area contributed by atoms with Crippen LogP contribution in [-0.2, 0) is 0 Å². The lowest BCUT2D eigenvalue weighted by Crippen LogP contribution is -1.99. The first-order valence-corrected chi connectivity index (χ1v) is 4.59. The van der Waals surface area contributed by atoms with Crippen LogP contribution in [0.1, 0.15) is 17.0 Å². The van der Waals surface area contributed by atoms with Crippen LogP contribution in [0.25, 0.3) is 0 Å². The molecule has 1 atom stereocenters. The molecule has 0 spiro atoms. The van der Waals surface area contributed by atoms with Gasteiger partial charge < -0.3 is 4.98 Å². The average molecular weight is 200 g/mol. The normalized spacial score (nSPS) is 12.0. The quantitative estimate of drug-likeness (QED) is 0.795. The number of nitriles is 1. The minimum atomic E-state index is -0.544. The number of aromatic nitrogens is 1. The Morgan fingerprint density at radius 2 is 2.07 bits per heavy atom. The van der Waals surface area contributed by atoms with Gasteiger partial charge in [-0.3, -0.25) is 0 Å². The molecule has 1 aromatic carbocycles. The number of halogens is 1. The van der Waals surface area contributed by atoms with Crippen molar-refractivity contribution in [2.24, 2.45) is 0 Å². The zero-order valence-corrected chi connectivity index (χ0v) is 7.94. The van der Waals surface area contributed by atoms with Crippen LogP contribution in [0.4, 0.5) is 4.39 Å². The molecule has 74 valence electrons. The summed E-state index contributed by atoms with van der Waals surface area (Å²) in [5.41, 5.74) is 1.20. The van der Waals surface area contributed by atoms with Crippen molar-refractivity contribution in [1.29, 1.82) is 5.26 Å². The van der Waals surface area contributed by atoms with Gasteiger partial charge in [-0.1, -0.05) is 18.2 Å². The molecular weight excluding hydrogens is 191 g/mol. The monoisotopic (exact) mass is 200 g/mol. The van der Waals surface area contributed by atoms with E-state index in [-0.39, 0.29) is 5.82 Å². The number of benzene rings is 1. The number of H-pyrrole nitrogens is 1. The highest BCUT2D eigenvalue weighted by molar-refractivity contribution is 5.37. The Labute approximate surface area is 87.0 Å². The maximum Gasteiger partial charge on any atom is 0.128 e. The average Bonchev–Trinajstić information content (AvgIpc) is 2.75. The number of nitrogens with zero attached hydrogens (tertiary/aromatic N) is 1. The van der Waals surface area contributed by atoms with Crippen molar-refractivity contribution in [3.63, 3.8) is 0 Å². The van der Waals surface area contributed by atoms with E-state index in [1.54, 1.807) is 36.7 Å². The summed E-state index contributed by atoms with van der Waals surface area (Å²) < 4.78 is 13.5. The van der Waals surface area contributed by atoms with Gasteiger partial charge in [0.1, 0.15) is 11.7 Å². The van der Waals surface area contributed by atoms with Gasteiger partial charge in [0, 0.05) is 18.0 Å². The topological polar surface area (TPSA) is 39.6 Å². The Balaban J connectivity index is 2.46. The van der Waals surface area contributed by atoms with E-state index in [1.807, 2.05) is 0 Å². The molecule has 1 heterocycles. The van der Waals surface area contributed by atoms with E-state index in [2.05, 4.69) is 11.1 Å². The molecule has 3 heteroatoms. The summed E-state index contributed by atoms with van der Waals surface area (Å²) >= 11 is 0. The fourth-order valence-electron chi connectivity index (χ4n) is 1.55. The maximum atomic E-state index is 13.5. The van der Waals surface area contributed by atoms with Crippen LogP contribution in [0, 0.1) is 17.1 Å². The predicted molar refractivity (Wildman–Crippen MR) is 54.6 cm³/mol.